The molecule has 0 bridgehead atoms. The number of amides is 1. The molecule has 1 aliphatic heterocycles. The van der Waals surface area contributed by atoms with Crippen LogP contribution in [0, 0.1) is 0 Å². The van der Waals surface area contributed by atoms with Crippen LogP contribution in [0.3, 0.4) is 0 Å². The van der Waals surface area contributed by atoms with Crippen LogP contribution in [-0.2, 0) is 0 Å². The Hall–Kier alpha value is -2.62. The summed E-state index contributed by atoms with van der Waals surface area (Å²) in [5, 5.41) is 13.0. The monoisotopic (exact) mass is 334 g/mol. The van der Waals surface area contributed by atoms with Crippen LogP contribution in [-0.4, -0.2) is 33.8 Å². The number of hydrogen-bond acceptors (Lipinski definition) is 3. The third kappa shape index (κ3) is 2.36. The molecule has 25 heavy (non-hydrogen) atoms. The fourth-order valence-corrected chi connectivity index (χ4v) is 4.34. The molecule has 2 aromatic rings. The molecular formula is C21H22N2O2. The van der Waals surface area contributed by atoms with Crippen LogP contribution in [0.1, 0.15) is 54.6 Å². The van der Waals surface area contributed by atoms with Crippen LogP contribution in [0.15, 0.2) is 47.6 Å². The lowest BCUT2D eigenvalue weighted by Gasteiger charge is -2.39. The number of hydrogen-bond donors (Lipinski definition) is 1. The molecule has 4 heteroatoms. The predicted molar refractivity (Wildman–Crippen MR) is 98.2 cm³/mol. The third-order valence-electron chi connectivity index (χ3n) is 5.53. The molecule has 1 aliphatic carbocycles. The van der Waals surface area contributed by atoms with Crippen molar-refractivity contribution in [1.29, 1.82) is 0 Å². The van der Waals surface area contributed by atoms with Crippen molar-refractivity contribution in [1.82, 2.24) is 4.90 Å². The van der Waals surface area contributed by atoms with Gasteiger partial charge in [0.2, 0.25) is 0 Å². The molecule has 2 unspecified atom stereocenters. The van der Waals surface area contributed by atoms with E-state index in [1.165, 1.54) is 6.42 Å². The van der Waals surface area contributed by atoms with Gasteiger partial charge in [-0.2, -0.15) is 0 Å². The summed E-state index contributed by atoms with van der Waals surface area (Å²) < 4.78 is 0. The van der Waals surface area contributed by atoms with E-state index in [-0.39, 0.29) is 18.0 Å². The fraction of sp³-hybridized carbons (Fsp3) is 0.333. The molecule has 1 heterocycles. The van der Waals surface area contributed by atoms with Crippen molar-refractivity contribution in [3.8, 4) is 11.1 Å². The molecule has 1 fully saturated rings. The highest BCUT2D eigenvalue weighted by Crippen LogP contribution is 2.40. The van der Waals surface area contributed by atoms with Gasteiger partial charge in [0.05, 0.1) is 0 Å². The van der Waals surface area contributed by atoms with E-state index in [4.69, 9.17) is 0 Å². The topological polar surface area (TPSA) is 52.9 Å². The first-order chi connectivity index (χ1) is 12.1. The van der Waals surface area contributed by atoms with Crippen molar-refractivity contribution in [2.45, 2.75) is 45.2 Å². The maximum atomic E-state index is 13.4. The minimum atomic E-state index is 0.0746. The molecule has 1 amide bonds. The largest absolute Gasteiger partial charge is 0.410 e. The van der Waals surface area contributed by atoms with Crippen LogP contribution in [0.2, 0.25) is 0 Å². The van der Waals surface area contributed by atoms with Gasteiger partial charge in [-0.25, -0.2) is 0 Å². The van der Waals surface area contributed by atoms with Gasteiger partial charge < -0.3 is 10.1 Å². The molecule has 1 N–H and O–H groups in total. The first-order valence-corrected chi connectivity index (χ1v) is 8.91. The highest BCUT2D eigenvalue weighted by molar-refractivity contribution is 6.26. The highest BCUT2D eigenvalue weighted by Gasteiger charge is 2.34. The van der Waals surface area contributed by atoms with Crippen molar-refractivity contribution < 1.29 is 10.0 Å². The van der Waals surface area contributed by atoms with Crippen molar-refractivity contribution in [2.75, 3.05) is 0 Å². The Balaban J connectivity index is 1.87. The number of fused-ring (bicyclic) bond motifs is 3. The average Bonchev–Trinajstić information content (AvgIpc) is 2.95. The fourth-order valence-electron chi connectivity index (χ4n) is 4.34. The van der Waals surface area contributed by atoms with Gasteiger partial charge in [-0.1, -0.05) is 41.6 Å². The quantitative estimate of drug-likeness (QED) is 0.533. The minimum Gasteiger partial charge on any atom is -0.410 e. The molecule has 4 rings (SSSR count). The van der Waals surface area contributed by atoms with Gasteiger partial charge in [0.1, 0.15) is 5.71 Å². The summed E-state index contributed by atoms with van der Waals surface area (Å²) in [6.07, 6.45) is 3.26. The molecule has 0 aromatic heterocycles. The van der Waals surface area contributed by atoms with Gasteiger partial charge in [-0.15, -0.1) is 0 Å². The molecule has 2 aliphatic rings. The van der Waals surface area contributed by atoms with E-state index < -0.39 is 0 Å². The molecule has 0 spiro atoms. The van der Waals surface area contributed by atoms with Crippen LogP contribution >= 0.6 is 0 Å². The van der Waals surface area contributed by atoms with E-state index in [2.05, 4.69) is 19.0 Å². The molecular weight excluding hydrogens is 312 g/mol. The third-order valence-corrected chi connectivity index (χ3v) is 5.53. The van der Waals surface area contributed by atoms with Crippen molar-refractivity contribution in [2.24, 2.45) is 5.16 Å². The summed E-state index contributed by atoms with van der Waals surface area (Å²) in [5.74, 6) is 0.0746. The van der Waals surface area contributed by atoms with Gasteiger partial charge in [-0.3, -0.25) is 4.79 Å². The summed E-state index contributed by atoms with van der Waals surface area (Å²) in [4.78, 5) is 15.4. The van der Waals surface area contributed by atoms with Crippen molar-refractivity contribution >= 4 is 11.6 Å². The van der Waals surface area contributed by atoms with Crippen LogP contribution < -0.4 is 0 Å². The van der Waals surface area contributed by atoms with E-state index in [0.717, 1.165) is 35.1 Å². The standard InChI is InChI=1S/C21H22N2O2/c1-13-7-5-8-14(2)23(13)21(24)18-12-6-11-17-19(18)15-9-3-4-10-16(15)20(17)22-25/h3-4,6,9-14,25H,5,7-8H2,1-2H3. The molecule has 1 saturated heterocycles. The van der Waals surface area contributed by atoms with Gasteiger partial charge in [-0.05, 0) is 44.7 Å². The number of carbonyl (C=O) groups excluding carboxylic acids is 1. The lowest BCUT2D eigenvalue weighted by Crippen LogP contribution is -2.47. The van der Waals surface area contributed by atoms with E-state index in [9.17, 15) is 10.0 Å². The highest BCUT2D eigenvalue weighted by atomic mass is 16.4. The lowest BCUT2D eigenvalue weighted by atomic mass is 9.93. The number of rotatable bonds is 1. The number of likely N-dealkylation sites (tertiary alicyclic amines) is 1. The second-order valence-corrected chi connectivity index (χ2v) is 7.06. The first-order valence-electron chi connectivity index (χ1n) is 8.91. The Morgan fingerprint density at radius 3 is 2.32 bits per heavy atom. The summed E-state index contributed by atoms with van der Waals surface area (Å²) in [6, 6.07) is 14.0. The Morgan fingerprint density at radius 1 is 1.00 bits per heavy atom. The number of piperidine rings is 1. The Bertz CT molecular complexity index is 862. The molecule has 2 aromatic carbocycles. The Morgan fingerprint density at radius 2 is 1.64 bits per heavy atom. The van der Waals surface area contributed by atoms with Gasteiger partial charge in [0.25, 0.3) is 5.91 Å². The van der Waals surface area contributed by atoms with E-state index in [0.29, 0.717) is 11.3 Å². The molecule has 128 valence electrons. The lowest BCUT2D eigenvalue weighted by molar-refractivity contribution is 0.0511. The number of oxime groups is 1. The van der Waals surface area contributed by atoms with Crippen LogP contribution in [0.25, 0.3) is 11.1 Å². The predicted octanol–water partition coefficient (Wildman–Crippen LogP) is 4.30. The normalized spacial score (nSPS) is 23.4. The van der Waals surface area contributed by atoms with E-state index >= 15 is 0 Å². The van der Waals surface area contributed by atoms with Crippen molar-refractivity contribution in [3.05, 3.63) is 59.2 Å². The van der Waals surface area contributed by atoms with Gasteiger partial charge >= 0.3 is 0 Å². The van der Waals surface area contributed by atoms with Crippen molar-refractivity contribution in [3.63, 3.8) is 0 Å². The zero-order valence-electron chi connectivity index (χ0n) is 14.6. The number of nitrogens with zero attached hydrogens (tertiary/aromatic N) is 2. The number of benzene rings is 2. The minimum absolute atomic E-state index is 0.0746. The summed E-state index contributed by atoms with van der Waals surface area (Å²) in [6.45, 7) is 4.26. The SMILES string of the molecule is CC1CCCC(C)N1C(=O)c1cccc2c1-c1ccccc1C2=NO. The molecule has 0 radical (unpaired) electrons. The zero-order valence-corrected chi connectivity index (χ0v) is 14.6. The number of carbonyl (C=O) groups is 1. The maximum absolute atomic E-state index is 13.4. The first kappa shape index (κ1) is 15.9. The maximum Gasteiger partial charge on any atom is 0.254 e. The van der Waals surface area contributed by atoms with Crippen LogP contribution in [0.5, 0.6) is 0 Å². The Kier molecular flexibility index (Phi) is 3.83. The van der Waals surface area contributed by atoms with Gasteiger partial charge in [0.15, 0.2) is 0 Å². The van der Waals surface area contributed by atoms with Gasteiger partial charge in [0, 0.05) is 34.3 Å². The second-order valence-electron chi connectivity index (χ2n) is 7.06. The Labute approximate surface area is 147 Å². The smallest absolute Gasteiger partial charge is 0.254 e. The summed E-state index contributed by atoms with van der Waals surface area (Å²) >= 11 is 0. The molecule has 0 saturated carbocycles. The summed E-state index contributed by atoms with van der Waals surface area (Å²) in [5.41, 5.74) is 4.79. The van der Waals surface area contributed by atoms with E-state index in [1.807, 2.05) is 47.4 Å². The second kappa shape index (κ2) is 6.03. The molecule has 4 nitrogen and oxygen atoms in total. The molecule has 2 atom stereocenters. The van der Waals surface area contributed by atoms with Crippen LogP contribution in [0.4, 0.5) is 0 Å². The zero-order chi connectivity index (χ0) is 17.6. The summed E-state index contributed by atoms with van der Waals surface area (Å²) in [7, 11) is 0. The average molecular weight is 334 g/mol. The van der Waals surface area contributed by atoms with E-state index in [1.54, 1.807) is 0 Å².